The van der Waals surface area contributed by atoms with Gasteiger partial charge in [-0.25, -0.2) is 0 Å². The Hall–Kier alpha value is -2.71. The van der Waals surface area contributed by atoms with E-state index < -0.39 is 0 Å². The van der Waals surface area contributed by atoms with E-state index in [-0.39, 0.29) is 5.41 Å². The van der Waals surface area contributed by atoms with Crippen molar-refractivity contribution in [2.24, 2.45) is 11.8 Å². The average Bonchev–Trinajstić information content (AvgIpc) is 2.99. The van der Waals surface area contributed by atoms with Gasteiger partial charge in [0.05, 0.1) is 24.2 Å². The lowest BCUT2D eigenvalue weighted by molar-refractivity contribution is 0.415. The monoisotopic (exact) mass is 313 g/mol. The van der Waals surface area contributed by atoms with Crippen LogP contribution in [-0.4, -0.2) is 7.11 Å². The highest BCUT2D eigenvalue weighted by Crippen LogP contribution is 2.67. The van der Waals surface area contributed by atoms with E-state index in [0.717, 1.165) is 11.3 Å². The first-order valence-electron chi connectivity index (χ1n) is 8.46. The zero-order chi connectivity index (χ0) is 16.6. The molecule has 24 heavy (non-hydrogen) atoms. The van der Waals surface area contributed by atoms with E-state index in [1.807, 2.05) is 36.4 Å². The van der Waals surface area contributed by atoms with Crippen molar-refractivity contribution in [2.75, 3.05) is 7.11 Å². The first-order chi connectivity index (χ1) is 11.8. The zero-order valence-corrected chi connectivity index (χ0v) is 13.8. The molecule has 0 N–H and O–H groups in total. The van der Waals surface area contributed by atoms with Gasteiger partial charge in [0.25, 0.3) is 0 Å². The summed E-state index contributed by atoms with van der Waals surface area (Å²) in [5, 5.41) is 9.01. The molecule has 2 aromatic carbocycles. The number of benzene rings is 2. The molecule has 2 aromatic rings. The Balaban J connectivity index is 1.68. The fourth-order valence-electron chi connectivity index (χ4n) is 4.31. The molecule has 2 aliphatic carbocycles. The van der Waals surface area contributed by atoms with Gasteiger partial charge >= 0.3 is 0 Å². The minimum Gasteiger partial charge on any atom is -0.497 e. The number of nitrogens with zero attached hydrogens (tertiary/aromatic N) is 1. The molecule has 0 radical (unpaired) electrons. The Morgan fingerprint density at radius 3 is 2.17 bits per heavy atom. The number of ether oxygens (including phenoxy) is 1. The van der Waals surface area contributed by atoms with E-state index in [4.69, 9.17) is 10.00 Å². The topological polar surface area (TPSA) is 33.0 Å². The molecular weight excluding hydrogens is 294 g/mol. The fourth-order valence-corrected chi connectivity index (χ4v) is 4.31. The molecule has 4 rings (SSSR count). The normalized spacial score (nSPS) is 26.7. The van der Waals surface area contributed by atoms with Gasteiger partial charge in [0, 0.05) is 5.56 Å². The highest BCUT2D eigenvalue weighted by Gasteiger charge is 2.66. The van der Waals surface area contributed by atoms with Crippen LogP contribution in [0.3, 0.4) is 0 Å². The summed E-state index contributed by atoms with van der Waals surface area (Å²) in [7, 11) is 1.67. The van der Waals surface area contributed by atoms with Crippen molar-refractivity contribution in [1.82, 2.24) is 0 Å². The highest BCUT2D eigenvalue weighted by atomic mass is 16.5. The second kappa shape index (κ2) is 5.73. The standard InChI is InChI=1S/C22H19NO/c1-24-19-11-7-16(8-12-19)13-14-22(20-3-2-4-21(20)22)18-9-5-17(15-23)6-10-18/h5-12,20-21H,2-4H2,1H3. The molecule has 0 bridgehead atoms. The predicted molar refractivity (Wildman–Crippen MR) is 93.5 cm³/mol. The van der Waals surface area contributed by atoms with Crippen molar-refractivity contribution in [3.8, 4) is 23.7 Å². The van der Waals surface area contributed by atoms with Gasteiger partial charge in [-0.3, -0.25) is 0 Å². The molecule has 2 unspecified atom stereocenters. The first kappa shape index (κ1) is 14.9. The van der Waals surface area contributed by atoms with E-state index in [1.54, 1.807) is 7.11 Å². The fraction of sp³-hybridized carbons (Fsp3) is 0.318. The lowest BCUT2D eigenvalue weighted by Gasteiger charge is -2.15. The third kappa shape index (κ3) is 2.27. The summed E-state index contributed by atoms with van der Waals surface area (Å²) in [5.74, 6) is 9.20. The molecule has 0 amide bonds. The molecule has 0 heterocycles. The predicted octanol–water partition coefficient (Wildman–Crippen LogP) is 4.29. The smallest absolute Gasteiger partial charge is 0.118 e. The number of nitriles is 1. The first-order valence-corrected chi connectivity index (χ1v) is 8.46. The SMILES string of the molecule is COc1ccc(C#CC2(c3ccc(C#N)cc3)C3CCCC32)cc1. The molecule has 0 aliphatic heterocycles. The number of rotatable bonds is 2. The largest absolute Gasteiger partial charge is 0.497 e. The average molecular weight is 313 g/mol. The summed E-state index contributed by atoms with van der Waals surface area (Å²) in [6, 6.07) is 18.1. The Bertz CT molecular complexity index is 836. The molecular formula is C22H19NO. The van der Waals surface area contributed by atoms with Gasteiger partial charge in [-0.15, -0.1) is 0 Å². The van der Waals surface area contributed by atoms with Crippen LogP contribution in [0.5, 0.6) is 5.75 Å². The highest BCUT2D eigenvalue weighted by molar-refractivity contribution is 5.52. The molecule has 2 aliphatic rings. The van der Waals surface area contributed by atoms with Crippen LogP contribution in [0.25, 0.3) is 0 Å². The Labute approximate surface area is 143 Å². The zero-order valence-electron chi connectivity index (χ0n) is 13.8. The summed E-state index contributed by atoms with van der Waals surface area (Å²) < 4.78 is 5.20. The minimum absolute atomic E-state index is 0.00777. The minimum atomic E-state index is -0.00777. The van der Waals surface area contributed by atoms with Crippen molar-refractivity contribution in [3.63, 3.8) is 0 Å². The van der Waals surface area contributed by atoms with Crippen LogP contribution in [0.1, 0.15) is 36.0 Å². The van der Waals surface area contributed by atoms with Gasteiger partial charge in [-0.1, -0.05) is 30.4 Å². The molecule has 2 atom stereocenters. The van der Waals surface area contributed by atoms with Crippen molar-refractivity contribution in [1.29, 1.82) is 5.26 Å². The second-order valence-corrected chi connectivity index (χ2v) is 6.68. The van der Waals surface area contributed by atoms with Crippen LogP contribution in [-0.2, 0) is 5.41 Å². The molecule has 0 spiro atoms. The summed E-state index contributed by atoms with van der Waals surface area (Å²) in [4.78, 5) is 0. The Kier molecular flexibility index (Phi) is 3.55. The van der Waals surface area contributed by atoms with Crippen molar-refractivity contribution < 1.29 is 4.74 Å². The molecule has 2 heteroatoms. The van der Waals surface area contributed by atoms with Crippen LogP contribution in [0.4, 0.5) is 0 Å². The number of methoxy groups -OCH3 is 1. The second-order valence-electron chi connectivity index (χ2n) is 6.68. The van der Waals surface area contributed by atoms with Gasteiger partial charge in [0.1, 0.15) is 5.75 Å². The van der Waals surface area contributed by atoms with Gasteiger partial charge in [0.2, 0.25) is 0 Å². The molecule has 2 saturated carbocycles. The van der Waals surface area contributed by atoms with E-state index in [9.17, 15) is 0 Å². The Morgan fingerprint density at radius 2 is 1.58 bits per heavy atom. The summed E-state index contributed by atoms with van der Waals surface area (Å²) in [6.45, 7) is 0. The maximum atomic E-state index is 9.01. The van der Waals surface area contributed by atoms with Crippen LogP contribution < -0.4 is 4.74 Å². The van der Waals surface area contributed by atoms with Gasteiger partial charge in [-0.2, -0.15) is 5.26 Å². The lowest BCUT2D eigenvalue weighted by Crippen LogP contribution is -2.12. The maximum Gasteiger partial charge on any atom is 0.118 e. The van der Waals surface area contributed by atoms with Crippen molar-refractivity contribution >= 4 is 0 Å². The van der Waals surface area contributed by atoms with Crippen LogP contribution in [0.15, 0.2) is 48.5 Å². The molecule has 0 saturated heterocycles. The van der Waals surface area contributed by atoms with Gasteiger partial charge in [0.15, 0.2) is 0 Å². The lowest BCUT2D eigenvalue weighted by atomic mass is 9.87. The number of fused-ring (bicyclic) bond motifs is 1. The molecule has 0 aromatic heterocycles. The van der Waals surface area contributed by atoms with E-state index in [2.05, 4.69) is 30.0 Å². The van der Waals surface area contributed by atoms with Gasteiger partial charge < -0.3 is 4.74 Å². The summed E-state index contributed by atoms with van der Waals surface area (Å²) in [6.07, 6.45) is 3.85. The maximum absolute atomic E-state index is 9.01. The van der Waals surface area contributed by atoms with E-state index in [1.165, 1.54) is 24.8 Å². The summed E-state index contributed by atoms with van der Waals surface area (Å²) in [5.41, 5.74) is 3.00. The van der Waals surface area contributed by atoms with Crippen LogP contribution >= 0.6 is 0 Å². The third-order valence-electron chi connectivity index (χ3n) is 5.57. The quantitative estimate of drug-likeness (QED) is 0.775. The van der Waals surface area contributed by atoms with Crippen molar-refractivity contribution in [3.05, 3.63) is 65.2 Å². The molecule has 2 nitrogen and oxygen atoms in total. The van der Waals surface area contributed by atoms with Crippen LogP contribution in [0, 0.1) is 35.0 Å². The van der Waals surface area contributed by atoms with E-state index >= 15 is 0 Å². The van der Waals surface area contributed by atoms with Gasteiger partial charge in [-0.05, 0) is 66.6 Å². The van der Waals surface area contributed by atoms with Crippen molar-refractivity contribution in [2.45, 2.75) is 24.7 Å². The Morgan fingerprint density at radius 1 is 0.958 bits per heavy atom. The molecule has 118 valence electrons. The molecule has 2 fully saturated rings. The summed E-state index contributed by atoms with van der Waals surface area (Å²) >= 11 is 0. The van der Waals surface area contributed by atoms with E-state index in [0.29, 0.717) is 17.4 Å². The number of hydrogen-bond acceptors (Lipinski definition) is 2. The third-order valence-corrected chi connectivity index (χ3v) is 5.57. The van der Waals surface area contributed by atoms with Crippen LogP contribution in [0.2, 0.25) is 0 Å². The number of hydrogen-bond donors (Lipinski definition) is 0.